The molecule has 0 N–H and O–H groups in total. The molecule has 28 heavy (non-hydrogen) atoms. The zero-order chi connectivity index (χ0) is 20.1. The van der Waals surface area contributed by atoms with Gasteiger partial charge in [-0.2, -0.15) is 18.2 Å². The van der Waals surface area contributed by atoms with Crippen LogP contribution in [0.25, 0.3) is 0 Å². The van der Waals surface area contributed by atoms with Crippen molar-refractivity contribution in [1.82, 2.24) is 15.0 Å². The number of benzene rings is 1. The maximum atomic E-state index is 12.5. The van der Waals surface area contributed by atoms with Gasteiger partial charge in [0.25, 0.3) is 0 Å². The van der Waals surface area contributed by atoms with Gasteiger partial charge in [0.05, 0.1) is 18.4 Å². The van der Waals surface area contributed by atoms with Gasteiger partial charge < -0.3 is 9.47 Å². The van der Waals surface area contributed by atoms with Gasteiger partial charge >= 0.3 is 6.18 Å². The van der Waals surface area contributed by atoms with Gasteiger partial charge in [-0.25, -0.2) is 9.97 Å². The second kappa shape index (κ2) is 8.62. The van der Waals surface area contributed by atoms with Crippen molar-refractivity contribution >= 4 is 23.2 Å². The fourth-order valence-electron chi connectivity index (χ4n) is 2.15. The van der Waals surface area contributed by atoms with E-state index < -0.39 is 11.7 Å². The minimum Gasteiger partial charge on any atom is -0.476 e. The molecule has 3 rings (SSSR count). The van der Waals surface area contributed by atoms with Crippen molar-refractivity contribution < 1.29 is 22.6 Å². The third-order valence-corrected chi connectivity index (χ3v) is 3.96. The molecule has 0 radical (unpaired) electrons. The predicted molar refractivity (Wildman–Crippen MR) is 97.0 cm³/mol. The van der Waals surface area contributed by atoms with E-state index in [1.807, 2.05) is 0 Å². The van der Waals surface area contributed by atoms with Gasteiger partial charge in [0, 0.05) is 18.7 Å². The summed E-state index contributed by atoms with van der Waals surface area (Å²) in [5.41, 5.74) is 0.115. The standard InChI is InChI=1S/C18H12Cl2F3N3O2/c19-14-10-25-17(20)26-16(14)27-8-7-11-1-4-13(5-2-11)28-15-6-3-12(9-24-15)18(21,22)23/h1-6,9-10H,7-8H2. The van der Waals surface area contributed by atoms with E-state index in [1.165, 1.54) is 12.3 Å². The molecule has 146 valence electrons. The summed E-state index contributed by atoms with van der Waals surface area (Å²) in [6.07, 6.45) is -1.79. The van der Waals surface area contributed by atoms with Crippen molar-refractivity contribution in [2.24, 2.45) is 0 Å². The maximum Gasteiger partial charge on any atom is 0.417 e. The topological polar surface area (TPSA) is 57.1 Å². The Morgan fingerprint density at radius 3 is 2.32 bits per heavy atom. The molecule has 5 nitrogen and oxygen atoms in total. The third kappa shape index (κ3) is 5.46. The van der Waals surface area contributed by atoms with Crippen molar-refractivity contribution in [2.45, 2.75) is 12.6 Å². The van der Waals surface area contributed by atoms with Crippen molar-refractivity contribution in [3.63, 3.8) is 0 Å². The minimum absolute atomic E-state index is 0.0396. The van der Waals surface area contributed by atoms with E-state index in [0.29, 0.717) is 18.8 Å². The Morgan fingerprint density at radius 2 is 1.68 bits per heavy atom. The van der Waals surface area contributed by atoms with Crippen LogP contribution in [0.3, 0.4) is 0 Å². The average molecular weight is 430 g/mol. The Morgan fingerprint density at radius 1 is 0.929 bits per heavy atom. The van der Waals surface area contributed by atoms with Crippen molar-refractivity contribution in [1.29, 1.82) is 0 Å². The van der Waals surface area contributed by atoms with E-state index in [2.05, 4.69) is 15.0 Å². The van der Waals surface area contributed by atoms with Crippen molar-refractivity contribution in [3.8, 4) is 17.5 Å². The van der Waals surface area contributed by atoms with Gasteiger partial charge in [-0.15, -0.1) is 0 Å². The van der Waals surface area contributed by atoms with Crippen LogP contribution in [0.2, 0.25) is 10.3 Å². The number of hydrogen-bond acceptors (Lipinski definition) is 5. The van der Waals surface area contributed by atoms with E-state index >= 15 is 0 Å². The monoisotopic (exact) mass is 429 g/mol. The molecular weight excluding hydrogens is 418 g/mol. The highest BCUT2D eigenvalue weighted by molar-refractivity contribution is 6.32. The first kappa shape index (κ1) is 20.2. The van der Waals surface area contributed by atoms with Crippen LogP contribution in [0.5, 0.6) is 17.5 Å². The van der Waals surface area contributed by atoms with Gasteiger partial charge in [0.1, 0.15) is 10.8 Å². The highest BCUT2D eigenvalue weighted by Gasteiger charge is 2.30. The first-order chi connectivity index (χ1) is 13.3. The molecule has 0 amide bonds. The van der Waals surface area contributed by atoms with Crippen LogP contribution in [0.15, 0.2) is 48.8 Å². The van der Waals surface area contributed by atoms with E-state index in [4.69, 9.17) is 32.7 Å². The fourth-order valence-corrected chi connectivity index (χ4v) is 2.42. The molecule has 1 aromatic carbocycles. The van der Waals surface area contributed by atoms with Crippen LogP contribution in [0.1, 0.15) is 11.1 Å². The van der Waals surface area contributed by atoms with E-state index in [-0.39, 0.29) is 22.1 Å². The summed E-state index contributed by atoms with van der Waals surface area (Å²) in [7, 11) is 0. The normalized spacial score (nSPS) is 11.3. The number of hydrogen-bond donors (Lipinski definition) is 0. The van der Waals surface area contributed by atoms with Crippen molar-refractivity contribution in [2.75, 3.05) is 6.61 Å². The zero-order valence-electron chi connectivity index (χ0n) is 14.1. The zero-order valence-corrected chi connectivity index (χ0v) is 15.6. The lowest BCUT2D eigenvalue weighted by molar-refractivity contribution is -0.137. The second-order valence-electron chi connectivity index (χ2n) is 5.52. The minimum atomic E-state index is -4.43. The first-order valence-electron chi connectivity index (χ1n) is 7.92. The molecule has 0 saturated heterocycles. The predicted octanol–water partition coefficient (Wildman–Crippen LogP) is 5.61. The molecule has 0 spiro atoms. The van der Waals surface area contributed by atoms with Crippen LogP contribution in [-0.4, -0.2) is 21.6 Å². The van der Waals surface area contributed by atoms with Crippen LogP contribution in [0, 0.1) is 0 Å². The lowest BCUT2D eigenvalue weighted by Crippen LogP contribution is -2.05. The van der Waals surface area contributed by atoms with E-state index in [9.17, 15) is 13.2 Å². The van der Waals surface area contributed by atoms with Gasteiger partial charge in [-0.05, 0) is 35.4 Å². The van der Waals surface area contributed by atoms with E-state index in [0.717, 1.165) is 17.8 Å². The number of alkyl halides is 3. The Bertz CT molecular complexity index is 936. The summed E-state index contributed by atoms with van der Waals surface area (Å²) in [4.78, 5) is 11.3. The molecule has 0 atom stereocenters. The summed E-state index contributed by atoms with van der Waals surface area (Å²) in [6, 6.07) is 9.06. The number of rotatable bonds is 6. The van der Waals surface area contributed by atoms with Crippen LogP contribution in [-0.2, 0) is 12.6 Å². The molecule has 3 aromatic rings. The smallest absolute Gasteiger partial charge is 0.417 e. The molecule has 10 heteroatoms. The molecule has 0 fully saturated rings. The quantitative estimate of drug-likeness (QED) is 0.476. The second-order valence-corrected chi connectivity index (χ2v) is 6.26. The molecule has 0 bridgehead atoms. The van der Waals surface area contributed by atoms with Gasteiger partial charge in [0.15, 0.2) is 0 Å². The Hall–Kier alpha value is -2.58. The molecule has 0 saturated carbocycles. The summed E-state index contributed by atoms with van der Waals surface area (Å²) >= 11 is 11.6. The Labute approximate surface area is 168 Å². The summed E-state index contributed by atoms with van der Waals surface area (Å²) in [6.45, 7) is 0.313. The summed E-state index contributed by atoms with van der Waals surface area (Å²) in [5, 5.41) is 0.301. The molecule has 0 aliphatic carbocycles. The van der Waals surface area contributed by atoms with Gasteiger partial charge in [0.2, 0.25) is 17.0 Å². The average Bonchev–Trinajstić information content (AvgIpc) is 2.66. The van der Waals surface area contributed by atoms with Crippen LogP contribution in [0.4, 0.5) is 13.2 Å². The first-order valence-corrected chi connectivity index (χ1v) is 8.68. The number of nitrogens with zero attached hydrogens (tertiary/aromatic N) is 3. The molecule has 0 unspecified atom stereocenters. The fraction of sp³-hybridized carbons (Fsp3) is 0.167. The Kier molecular flexibility index (Phi) is 6.21. The number of halogens is 5. The number of pyridine rings is 1. The summed E-state index contributed by atoms with van der Waals surface area (Å²) in [5.74, 6) is 0.719. The number of aromatic nitrogens is 3. The van der Waals surface area contributed by atoms with Crippen LogP contribution < -0.4 is 9.47 Å². The highest BCUT2D eigenvalue weighted by atomic mass is 35.5. The van der Waals surface area contributed by atoms with Gasteiger partial charge in [-0.1, -0.05) is 23.7 Å². The maximum absolute atomic E-state index is 12.5. The highest BCUT2D eigenvalue weighted by Crippen LogP contribution is 2.30. The molecule has 2 heterocycles. The Balaban J connectivity index is 1.54. The number of ether oxygens (including phenoxy) is 2. The SMILES string of the molecule is FC(F)(F)c1ccc(Oc2ccc(CCOc3nc(Cl)ncc3Cl)cc2)nc1. The molecule has 0 aliphatic heterocycles. The van der Waals surface area contributed by atoms with Crippen molar-refractivity contribution in [3.05, 3.63) is 70.2 Å². The molecular formula is C18H12Cl2F3N3O2. The van der Waals surface area contributed by atoms with Crippen LogP contribution >= 0.6 is 23.2 Å². The lowest BCUT2D eigenvalue weighted by Gasteiger charge is -2.09. The third-order valence-electron chi connectivity index (χ3n) is 3.52. The molecule has 2 aromatic heterocycles. The van der Waals surface area contributed by atoms with Gasteiger partial charge in [-0.3, -0.25) is 0 Å². The van der Waals surface area contributed by atoms with E-state index in [1.54, 1.807) is 24.3 Å². The largest absolute Gasteiger partial charge is 0.476 e. The molecule has 0 aliphatic rings. The summed E-state index contributed by atoms with van der Waals surface area (Å²) < 4.78 is 48.5. The lowest BCUT2D eigenvalue weighted by atomic mass is 10.1.